The highest BCUT2D eigenvalue weighted by molar-refractivity contribution is 5.25. The summed E-state index contributed by atoms with van der Waals surface area (Å²) < 4.78 is 0. The van der Waals surface area contributed by atoms with E-state index in [9.17, 15) is 10.2 Å². The van der Waals surface area contributed by atoms with Crippen LogP contribution in [0, 0.1) is 52.3 Å². The van der Waals surface area contributed by atoms with Gasteiger partial charge in [-0.25, -0.2) is 0 Å². The molecule has 2 N–H and O–H groups in total. The largest absolute Gasteiger partial charge is 0.393 e. The van der Waals surface area contributed by atoms with E-state index in [4.69, 9.17) is 0 Å². The quantitative estimate of drug-likeness (QED) is 0.402. The van der Waals surface area contributed by atoms with Crippen LogP contribution in [-0.4, -0.2) is 22.4 Å². The first-order valence-electron chi connectivity index (χ1n) is 14.2. The first-order valence-corrected chi connectivity index (χ1v) is 14.2. The Morgan fingerprint density at radius 2 is 1.78 bits per heavy atom. The topological polar surface area (TPSA) is 40.5 Å². The first-order chi connectivity index (χ1) is 15.1. The van der Waals surface area contributed by atoms with Crippen LogP contribution < -0.4 is 0 Å². The highest BCUT2D eigenvalue weighted by Gasteiger charge is 2.59. The third-order valence-electron chi connectivity index (χ3n) is 11.5. The predicted molar refractivity (Wildman–Crippen MR) is 134 cm³/mol. The van der Waals surface area contributed by atoms with Gasteiger partial charge in [-0.1, -0.05) is 66.0 Å². The standard InChI is InChI=1S/C30H52O2/c1-7-8-21(19(2)3)17-28(32)20(4)25-11-12-26-24-10-9-22-18-23(31)13-15-29(22,5)27(24)14-16-30(25,26)6/h9,19-21,23-28,31-32H,7-8,10-18H2,1-6H3/t20-,21-,23-,24?,25+,26?,27?,28+,29-,30+/m0/s1. The molecule has 4 aliphatic carbocycles. The Kier molecular flexibility index (Phi) is 7.25. The van der Waals surface area contributed by atoms with E-state index in [1.807, 2.05) is 0 Å². The maximum atomic E-state index is 11.3. The number of hydrogen-bond donors (Lipinski definition) is 2. The fourth-order valence-corrected chi connectivity index (χ4v) is 9.43. The lowest BCUT2D eigenvalue weighted by Crippen LogP contribution is -2.51. The zero-order chi connectivity index (χ0) is 23.3. The highest BCUT2D eigenvalue weighted by Crippen LogP contribution is 2.67. The summed E-state index contributed by atoms with van der Waals surface area (Å²) in [5.41, 5.74) is 2.31. The van der Waals surface area contributed by atoms with Crippen LogP contribution in [0.15, 0.2) is 11.6 Å². The molecule has 0 aromatic rings. The monoisotopic (exact) mass is 444 g/mol. The Morgan fingerprint density at radius 3 is 2.47 bits per heavy atom. The van der Waals surface area contributed by atoms with Crippen LogP contribution in [0.2, 0.25) is 0 Å². The molecule has 184 valence electrons. The maximum Gasteiger partial charge on any atom is 0.0577 e. The van der Waals surface area contributed by atoms with Crippen molar-refractivity contribution in [1.82, 2.24) is 0 Å². The van der Waals surface area contributed by atoms with Crippen LogP contribution in [0.4, 0.5) is 0 Å². The second kappa shape index (κ2) is 9.37. The van der Waals surface area contributed by atoms with Gasteiger partial charge in [-0.05, 0) is 110 Å². The number of allylic oxidation sites excluding steroid dienone is 1. The van der Waals surface area contributed by atoms with E-state index in [0.717, 1.165) is 37.0 Å². The zero-order valence-electron chi connectivity index (χ0n) is 21.9. The molecule has 0 amide bonds. The number of rotatable bonds is 7. The van der Waals surface area contributed by atoms with Crippen molar-refractivity contribution in [3.8, 4) is 0 Å². The summed E-state index contributed by atoms with van der Waals surface area (Å²) in [5.74, 6) is 4.84. The molecule has 32 heavy (non-hydrogen) atoms. The lowest BCUT2D eigenvalue weighted by atomic mass is 9.47. The van der Waals surface area contributed by atoms with Crippen LogP contribution in [0.25, 0.3) is 0 Å². The molecule has 0 heterocycles. The van der Waals surface area contributed by atoms with Gasteiger partial charge in [0, 0.05) is 0 Å². The minimum Gasteiger partial charge on any atom is -0.393 e. The molecule has 4 rings (SSSR count). The fourth-order valence-electron chi connectivity index (χ4n) is 9.43. The van der Waals surface area contributed by atoms with Crippen molar-refractivity contribution in [2.75, 3.05) is 0 Å². The molecule has 2 nitrogen and oxygen atoms in total. The summed E-state index contributed by atoms with van der Waals surface area (Å²) >= 11 is 0. The minimum absolute atomic E-state index is 0.111. The van der Waals surface area contributed by atoms with Crippen molar-refractivity contribution in [3.05, 3.63) is 11.6 Å². The van der Waals surface area contributed by atoms with E-state index >= 15 is 0 Å². The van der Waals surface area contributed by atoms with Gasteiger partial charge < -0.3 is 10.2 Å². The summed E-state index contributed by atoms with van der Waals surface area (Å²) in [5, 5.41) is 21.6. The molecule has 3 fully saturated rings. The molecule has 0 aliphatic heterocycles. The van der Waals surface area contributed by atoms with Crippen LogP contribution in [-0.2, 0) is 0 Å². The van der Waals surface area contributed by atoms with Gasteiger partial charge in [0.2, 0.25) is 0 Å². The Bertz CT molecular complexity index is 682. The molecule has 4 aliphatic rings. The average molecular weight is 445 g/mol. The lowest BCUT2D eigenvalue weighted by Gasteiger charge is -2.58. The second-order valence-corrected chi connectivity index (χ2v) is 13.3. The summed E-state index contributed by atoms with van der Waals surface area (Å²) in [6.07, 6.45) is 15.4. The smallest absolute Gasteiger partial charge is 0.0577 e. The van der Waals surface area contributed by atoms with Gasteiger partial charge in [-0.2, -0.15) is 0 Å². The van der Waals surface area contributed by atoms with E-state index < -0.39 is 0 Å². The van der Waals surface area contributed by atoms with Crippen molar-refractivity contribution in [2.24, 2.45) is 52.3 Å². The molecule has 0 saturated heterocycles. The fraction of sp³-hybridized carbons (Fsp3) is 0.933. The van der Waals surface area contributed by atoms with E-state index in [2.05, 4.69) is 47.6 Å². The third kappa shape index (κ3) is 4.15. The Labute approximate surface area is 198 Å². The normalized spacial score (nSPS) is 44.3. The van der Waals surface area contributed by atoms with Gasteiger partial charge in [0.1, 0.15) is 0 Å². The van der Waals surface area contributed by atoms with E-state index in [-0.39, 0.29) is 12.2 Å². The van der Waals surface area contributed by atoms with E-state index in [1.54, 1.807) is 5.57 Å². The Balaban J connectivity index is 1.49. The SMILES string of the molecule is CCC[C@@H](C[C@@H](O)[C@@H](C)[C@H]1CCC2C3CC=C4C[C@@H](O)CC[C@]4(C)C3CC[C@@]21C)C(C)C. The van der Waals surface area contributed by atoms with Crippen molar-refractivity contribution >= 4 is 0 Å². The minimum atomic E-state index is -0.151. The lowest BCUT2D eigenvalue weighted by molar-refractivity contribution is -0.0696. The summed E-state index contributed by atoms with van der Waals surface area (Å²) in [4.78, 5) is 0. The van der Waals surface area contributed by atoms with Gasteiger partial charge in [-0.15, -0.1) is 0 Å². The van der Waals surface area contributed by atoms with Crippen molar-refractivity contribution in [2.45, 2.75) is 124 Å². The molecule has 0 aromatic heterocycles. The van der Waals surface area contributed by atoms with Gasteiger partial charge in [-0.3, -0.25) is 0 Å². The second-order valence-electron chi connectivity index (χ2n) is 13.3. The number of hydrogen-bond acceptors (Lipinski definition) is 2. The van der Waals surface area contributed by atoms with Gasteiger partial charge >= 0.3 is 0 Å². The van der Waals surface area contributed by atoms with Crippen molar-refractivity contribution in [3.63, 3.8) is 0 Å². The van der Waals surface area contributed by atoms with E-state index in [0.29, 0.717) is 34.5 Å². The molecule has 3 saturated carbocycles. The molecule has 2 heteroatoms. The van der Waals surface area contributed by atoms with Crippen LogP contribution in [0.5, 0.6) is 0 Å². The van der Waals surface area contributed by atoms with Crippen molar-refractivity contribution in [1.29, 1.82) is 0 Å². The highest BCUT2D eigenvalue weighted by atomic mass is 16.3. The summed E-state index contributed by atoms with van der Waals surface area (Å²) in [7, 11) is 0. The number of aliphatic hydroxyl groups is 2. The number of aliphatic hydroxyl groups excluding tert-OH is 2. The molecule has 0 radical (unpaired) electrons. The molecule has 3 unspecified atom stereocenters. The molecule has 0 aromatic carbocycles. The maximum absolute atomic E-state index is 11.3. The predicted octanol–water partition coefficient (Wildman–Crippen LogP) is 7.39. The summed E-state index contributed by atoms with van der Waals surface area (Å²) in [6.45, 7) is 14.5. The third-order valence-corrected chi connectivity index (χ3v) is 11.5. The Hall–Kier alpha value is -0.340. The number of fused-ring (bicyclic) bond motifs is 5. The molecule has 10 atom stereocenters. The molecule has 0 bridgehead atoms. The summed E-state index contributed by atoms with van der Waals surface area (Å²) in [6, 6.07) is 0. The average Bonchev–Trinajstić information content (AvgIpc) is 3.10. The zero-order valence-corrected chi connectivity index (χ0v) is 21.9. The van der Waals surface area contributed by atoms with Gasteiger partial charge in [0.15, 0.2) is 0 Å². The molecule has 0 spiro atoms. The molecular formula is C30H52O2. The van der Waals surface area contributed by atoms with Crippen molar-refractivity contribution < 1.29 is 10.2 Å². The van der Waals surface area contributed by atoms with Gasteiger partial charge in [0.25, 0.3) is 0 Å². The van der Waals surface area contributed by atoms with Crippen LogP contribution >= 0.6 is 0 Å². The Morgan fingerprint density at radius 1 is 1.03 bits per heavy atom. The van der Waals surface area contributed by atoms with Gasteiger partial charge in [0.05, 0.1) is 12.2 Å². The molecular weight excluding hydrogens is 392 g/mol. The first kappa shape index (κ1) is 24.8. The van der Waals surface area contributed by atoms with Crippen LogP contribution in [0.3, 0.4) is 0 Å². The van der Waals surface area contributed by atoms with Crippen LogP contribution in [0.1, 0.15) is 112 Å². The van der Waals surface area contributed by atoms with E-state index in [1.165, 1.54) is 51.4 Å².